The highest BCUT2D eigenvalue weighted by Crippen LogP contribution is 2.41. The predicted octanol–water partition coefficient (Wildman–Crippen LogP) is 6.24. The number of ether oxygens (including phenoxy) is 3. The van der Waals surface area contributed by atoms with Crippen LogP contribution in [0.3, 0.4) is 0 Å². The zero-order valence-corrected chi connectivity index (χ0v) is 28.8. The number of aromatic nitrogens is 1. The molecule has 4 heterocycles. The van der Waals surface area contributed by atoms with E-state index in [9.17, 15) is 28.7 Å². The van der Waals surface area contributed by atoms with E-state index in [4.69, 9.17) is 36.8 Å². The van der Waals surface area contributed by atoms with Crippen LogP contribution in [0.2, 0.25) is 10.0 Å². The summed E-state index contributed by atoms with van der Waals surface area (Å²) in [6.45, 7) is -1.54. The van der Waals surface area contributed by atoms with E-state index in [0.29, 0.717) is 11.3 Å². The summed E-state index contributed by atoms with van der Waals surface area (Å²) >= 11 is 13.1. The number of carbonyl (C=O) groups excluding carboxylic acids is 2. The molecule has 4 aromatic rings. The largest absolute Gasteiger partial charge is 0.545 e. The van der Waals surface area contributed by atoms with Crippen LogP contribution in [0.15, 0.2) is 73.1 Å². The Kier molecular flexibility index (Phi) is 10.1. The number of piperidine rings is 3. The topological polar surface area (TPSA) is 115 Å². The highest BCUT2D eigenvalue weighted by molar-refractivity contribution is 6.35. The maximum atomic E-state index is 15.5. The fourth-order valence-corrected chi connectivity index (χ4v) is 7.61. The third-order valence-electron chi connectivity index (χ3n) is 9.48. The monoisotopic (exact) mass is 762 g/mol. The molecule has 1 N–H and O–H groups in total. The number of aromatic carboxylic acids is 1. The molecule has 274 valence electrons. The van der Waals surface area contributed by atoms with E-state index in [0.717, 1.165) is 61.4 Å². The summed E-state index contributed by atoms with van der Waals surface area (Å²) < 4.78 is 81.5. The van der Waals surface area contributed by atoms with Gasteiger partial charge in [-0.25, -0.2) is 9.18 Å². The summed E-state index contributed by atoms with van der Waals surface area (Å²) in [5, 5.41) is 22.8. The number of carboxylic acids is 1. The van der Waals surface area contributed by atoms with Gasteiger partial charge in [-0.15, -0.1) is 0 Å². The standard InChI is InChI=1S/C37H34Cl2F3N3O7/c1-50-32-15-22(9-10-31(32)51-36(41)42)25(16-26-27(38)18-44(49)19-28(26)39)34-23(5-4-6-24(34)35(46)47)17-45(30-8-3-2-7-29(30)40)37(48)52-33-20-43-13-11-21(33)12-14-43/h2-10,15,18-19,21,25,33,36H,11-14,16-17,20H2,1H3,(H-,46,47,49)/t25-,33-/m0/s1/i1D3. The van der Waals surface area contributed by atoms with Crippen LogP contribution in [0.1, 0.15) is 55.5 Å². The quantitative estimate of drug-likeness (QED) is 0.133. The first kappa shape index (κ1) is 33.1. The number of hydrogen-bond donors (Lipinski definition) is 1. The van der Waals surface area contributed by atoms with Gasteiger partial charge in [-0.05, 0) is 79.2 Å². The van der Waals surface area contributed by atoms with Crippen molar-refractivity contribution in [3.05, 3.63) is 117 Å². The maximum Gasteiger partial charge on any atom is 0.415 e. The number of fused-ring (bicyclic) bond motifs is 3. The first-order valence-corrected chi connectivity index (χ1v) is 17.0. The average Bonchev–Trinajstić information content (AvgIpc) is 3.11. The molecular formula is C37H34Cl2F3N3O7. The minimum absolute atomic E-state index is 0.00491. The molecule has 10 nitrogen and oxygen atoms in total. The van der Waals surface area contributed by atoms with Crippen LogP contribution in [0, 0.1) is 11.7 Å². The molecule has 0 aliphatic carbocycles. The van der Waals surface area contributed by atoms with Crippen LogP contribution in [0.25, 0.3) is 0 Å². The Balaban J connectivity index is 1.52. The Morgan fingerprint density at radius 1 is 1.08 bits per heavy atom. The SMILES string of the molecule is [2H]C([2H])([2H])Oc1cc([C@H](Cc2c(Cl)c[n+](O)cc2Cl)c2c(CN(C(=O)O[C@H]3CN4CCC3CC4)c3ccccc3F)cccc2C(=O)[O-])ccc1OC(F)F. The number of rotatable bonds is 12. The van der Waals surface area contributed by atoms with Gasteiger partial charge in [0.25, 0.3) is 0 Å². The first-order chi connectivity index (χ1) is 26.1. The Hall–Kier alpha value is -4.72. The third-order valence-corrected chi connectivity index (χ3v) is 10.1. The molecule has 3 fully saturated rings. The zero-order chi connectivity index (χ0) is 39.6. The molecule has 2 bridgehead atoms. The van der Waals surface area contributed by atoms with Crippen molar-refractivity contribution in [3.8, 4) is 11.5 Å². The van der Waals surface area contributed by atoms with Crippen molar-refractivity contribution in [2.24, 2.45) is 5.92 Å². The number of carboxylic acid groups (broad SMARTS) is 1. The summed E-state index contributed by atoms with van der Waals surface area (Å²) in [4.78, 5) is 30.2. The number of nitrogens with zero attached hydrogens (tertiary/aromatic N) is 3. The van der Waals surface area contributed by atoms with Gasteiger partial charge in [0.2, 0.25) is 12.4 Å². The molecule has 0 unspecified atom stereocenters. The van der Waals surface area contributed by atoms with Crippen molar-refractivity contribution in [3.63, 3.8) is 0 Å². The van der Waals surface area contributed by atoms with Gasteiger partial charge >= 0.3 is 12.7 Å². The second-order valence-electron chi connectivity index (χ2n) is 12.5. The second-order valence-corrected chi connectivity index (χ2v) is 13.3. The van der Waals surface area contributed by atoms with Crippen molar-refractivity contribution in [2.75, 3.05) is 31.6 Å². The second kappa shape index (κ2) is 15.9. The van der Waals surface area contributed by atoms with E-state index in [1.807, 2.05) is 0 Å². The lowest BCUT2D eigenvalue weighted by Gasteiger charge is -2.44. The van der Waals surface area contributed by atoms with Crippen molar-refractivity contribution in [2.45, 2.75) is 44.4 Å². The molecule has 0 spiro atoms. The molecule has 1 aromatic heterocycles. The van der Waals surface area contributed by atoms with Crippen LogP contribution < -0.4 is 24.2 Å². The normalized spacial score (nSPS) is 19.7. The predicted molar refractivity (Wildman–Crippen MR) is 182 cm³/mol. The van der Waals surface area contributed by atoms with E-state index in [1.165, 1.54) is 42.5 Å². The van der Waals surface area contributed by atoms with Crippen molar-refractivity contribution >= 4 is 41.0 Å². The Morgan fingerprint density at radius 3 is 2.44 bits per heavy atom. The van der Waals surface area contributed by atoms with Gasteiger partial charge in [0.05, 0.1) is 29.4 Å². The van der Waals surface area contributed by atoms with Crippen LogP contribution in [0.4, 0.5) is 23.7 Å². The maximum absolute atomic E-state index is 15.5. The number of hydrogen-bond acceptors (Lipinski definition) is 8. The van der Waals surface area contributed by atoms with E-state index in [2.05, 4.69) is 9.64 Å². The molecule has 0 radical (unpaired) electrons. The lowest BCUT2D eigenvalue weighted by Crippen LogP contribution is -2.53. The number of alkyl halides is 2. The number of anilines is 1. The lowest BCUT2D eigenvalue weighted by atomic mass is 9.80. The summed E-state index contributed by atoms with van der Waals surface area (Å²) in [5.41, 5.74) is -0.0817. The molecule has 7 rings (SSSR count). The number of methoxy groups -OCH3 is 1. The van der Waals surface area contributed by atoms with Gasteiger partial charge in [-0.2, -0.15) is 8.78 Å². The number of carbonyl (C=O) groups is 2. The van der Waals surface area contributed by atoms with Gasteiger partial charge < -0.3 is 24.1 Å². The van der Waals surface area contributed by atoms with Crippen molar-refractivity contribution in [1.82, 2.24) is 4.90 Å². The molecule has 1 amide bonds. The molecule has 2 atom stereocenters. The number of benzene rings is 3. The Labute approximate surface area is 311 Å². The summed E-state index contributed by atoms with van der Waals surface area (Å²) in [5.74, 6) is -4.73. The Morgan fingerprint density at radius 2 is 1.81 bits per heavy atom. The van der Waals surface area contributed by atoms with E-state index < -0.39 is 61.6 Å². The molecule has 0 saturated carbocycles. The fourth-order valence-electron chi connectivity index (χ4n) is 7.01. The van der Waals surface area contributed by atoms with Gasteiger partial charge in [0, 0.05) is 28.3 Å². The van der Waals surface area contributed by atoms with Gasteiger partial charge in [0.15, 0.2) is 11.5 Å². The lowest BCUT2D eigenvalue weighted by molar-refractivity contribution is -0.904. The number of pyridine rings is 1. The highest BCUT2D eigenvalue weighted by atomic mass is 35.5. The smallest absolute Gasteiger partial charge is 0.415 e. The van der Waals surface area contributed by atoms with Crippen LogP contribution in [-0.4, -0.2) is 61.6 Å². The summed E-state index contributed by atoms with van der Waals surface area (Å²) in [7, 11) is -3.13. The molecule has 3 aromatic carbocycles. The minimum Gasteiger partial charge on any atom is -0.545 e. The average molecular weight is 764 g/mol. The number of halogens is 5. The number of amides is 1. The van der Waals surface area contributed by atoms with Crippen LogP contribution in [-0.2, 0) is 17.7 Å². The Bertz CT molecular complexity index is 2050. The molecule has 15 heteroatoms. The van der Waals surface area contributed by atoms with E-state index >= 15 is 4.39 Å². The summed E-state index contributed by atoms with van der Waals surface area (Å²) in [6.07, 6.45) is 2.31. The highest BCUT2D eigenvalue weighted by Gasteiger charge is 2.38. The number of para-hydroxylation sites is 1. The van der Waals surface area contributed by atoms with Crippen LogP contribution in [0.5, 0.6) is 11.5 Å². The van der Waals surface area contributed by atoms with Crippen LogP contribution >= 0.6 is 23.2 Å². The zero-order valence-electron chi connectivity index (χ0n) is 30.3. The third kappa shape index (κ3) is 8.01. The van der Waals surface area contributed by atoms with Gasteiger partial charge in [-0.3, -0.25) is 15.0 Å². The van der Waals surface area contributed by atoms with Crippen molar-refractivity contribution in [1.29, 1.82) is 0 Å². The van der Waals surface area contributed by atoms with Gasteiger partial charge in [0.1, 0.15) is 22.0 Å². The fraction of sp³-hybridized carbons (Fsp3) is 0.324. The van der Waals surface area contributed by atoms with E-state index in [1.54, 1.807) is 0 Å². The summed E-state index contributed by atoms with van der Waals surface area (Å²) in [6, 6.07) is 13.1. The first-order valence-electron chi connectivity index (χ1n) is 17.7. The molecule has 3 aliphatic rings. The van der Waals surface area contributed by atoms with E-state index in [-0.39, 0.29) is 55.9 Å². The molecule has 3 aliphatic heterocycles. The molecule has 3 saturated heterocycles. The molecule has 52 heavy (non-hydrogen) atoms. The minimum atomic E-state index is -3.36. The molecular weight excluding hydrogens is 726 g/mol. The van der Waals surface area contributed by atoms with Gasteiger partial charge in [-0.1, -0.05) is 59.6 Å². The van der Waals surface area contributed by atoms with Crippen molar-refractivity contribution < 1.29 is 56.1 Å².